The van der Waals surface area contributed by atoms with Crippen molar-refractivity contribution in [3.63, 3.8) is 0 Å². The number of hydrogen-bond donors (Lipinski definition) is 4. The molecule has 0 aromatic rings. The van der Waals surface area contributed by atoms with E-state index in [-0.39, 0.29) is 0 Å². The van der Waals surface area contributed by atoms with E-state index >= 15 is 0 Å². The van der Waals surface area contributed by atoms with Gasteiger partial charge in [0.25, 0.3) is 0 Å². The average Bonchev–Trinajstić information content (AvgIpc) is 1.60. The van der Waals surface area contributed by atoms with Crippen LogP contribution in [0.25, 0.3) is 0 Å². The van der Waals surface area contributed by atoms with Crippen LogP contribution in [0.3, 0.4) is 0 Å². The van der Waals surface area contributed by atoms with Crippen LogP contribution in [0.4, 0.5) is 0 Å². The molecule has 11 heteroatoms. The first-order chi connectivity index (χ1) is 4.88. The second-order valence-corrected chi connectivity index (χ2v) is 3.07. The molecule has 0 spiro atoms. The standard InChI is InChI=1S/Mo.H3O3P.2H2O.3O.W/c;1-4(2)3;;;;;;/h;4H,(H2,1,2,3);2*1H2;;;;/q+1;;;;;;;+1/p-2. The molecule has 0 saturated carbocycles. The van der Waals surface area contributed by atoms with Gasteiger partial charge in [0, 0.05) is 0 Å². The summed E-state index contributed by atoms with van der Waals surface area (Å²) < 4.78 is 49.1. The normalized spacial score (nSPS) is 6.64. The van der Waals surface area contributed by atoms with Gasteiger partial charge in [0.2, 0.25) is 0 Å². The Kier molecular flexibility index (Phi) is 27.7. The van der Waals surface area contributed by atoms with Crippen molar-refractivity contribution in [2.45, 2.75) is 0 Å². The van der Waals surface area contributed by atoms with E-state index in [0.717, 1.165) is 0 Å². The molecule has 0 aliphatic heterocycles. The van der Waals surface area contributed by atoms with E-state index in [2.05, 4.69) is 0 Å². The van der Waals surface area contributed by atoms with Crippen molar-refractivity contribution in [2.75, 3.05) is 0 Å². The molecule has 11 heavy (non-hydrogen) atoms. The van der Waals surface area contributed by atoms with E-state index < -0.39 is 44.8 Å². The van der Waals surface area contributed by atoms with E-state index in [1.54, 1.807) is 0 Å². The molecule has 0 bridgehead atoms. The summed E-state index contributed by atoms with van der Waals surface area (Å²) in [6, 6.07) is 0. The predicted molar refractivity (Wildman–Crippen MR) is 19.9 cm³/mol. The van der Waals surface area contributed by atoms with E-state index in [4.69, 9.17) is 32.1 Å². The predicted octanol–water partition coefficient (Wildman–Crippen LogP) is -2.11. The van der Waals surface area contributed by atoms with Gasteiger partial charge in [-0.3, -0.25) is 4.57 Å². The van der Waals surface area contributed by atoms with Crippen LogP contribution in [0.15, 0.2) is 0 Å². The van der Waals surface area contributed by atoms with Crippen LogP contribution in [-0.2, 0) is 51.3 Å². The molecule has 0 aliphatic carbocycles. The fraction of sp³-hybridized carbons (Fsp3) is 0. The Labute approximate surface area is 76.7 Å². The zero-order valence-electron chi connectivity index (χ0n) is 4.74. The molecule has 0 amide bonds. The fourth-order valence-electron chi connectivity index (χ4n) is 0. The number of hydrogen-bond acceptors (Lipinski definition) is 4. The minimum absolute atomic E-state index is 1.78. The van der Waals surface area contributed by atoms with Crippen LogP contribution in [0.5, 0.6) is 0 Å². The molecular weight excluding hydrogens is 439 g/mol. The maximum atomic E-state index is 8.74. The van der Waals surface area contributed by atoms with Gasteiger partial charge in [-0.2, -0.15) is 0 Å². The van der Waals surface area contributed by atoms with Crippen molar-refractivity contribution >= 4 is 8.25 Å². The molecule has 0 atom stereocenters. The summed E-state index contributed by atoms with van der Waals surface area (Å²) in [6.45, 7) is 0. The Morgan fingerprint density at radius 3 is 1.27 bits per heavy atom. The molecule has 0 aromatic heterocycles. The second-order valence-electron chi connectivity index (χ2n) is 0.574. The molecule has 0 rings (SSSR count). The summed E-state index contributed by atoms with van der Waals surface area (Å²) in [5.74, 6) is 0. The summed E-state index contributed by atoms with van der Waals surface area (Å²) >= 11 is -5.81. The summed E-state index contributed by atoms with van der Waals surface area (Å²) in [4.78, 5) is 14.3. The van der Waals surface area contributed by atoms with Gasteiger partial charge in [-0.05, 0) is 0 Å². The Balaban J connectivity index is -0.0000000886. The summed E-state index contributed by atoms with van der Waals surface area (Å²) in [6.07, 6.45) is 0. The molecular formula is H5MoO8PW. The van der Waals surface area contributed by atoms with Gasteiger partial charge in [-0.1, -0.05) is 0 Å². The average molecular weight is 444 g/mol. The maximum absolute atomic E-state index is 8.74. The molecule has 0 fully saturated rings. The molecule has 8 nitrogen and oxygen atoms in total. The molecule has 4 N–H and O–H groups in total. The van der Waals surface area contributed by atoms with Crippen LogP contribution < -0.4 is 0 Å². The molecule has 0 saturated heterocycles. The zero-order chi connectivity index (χ0) is 9.86. The van der Waals surface area contributed by atoms with Gasteiger partial charge in [0.05, 0.1) is 0 Å². The Morgan fingerprint density at radius 1 is 1.27 bits per heavy atom. The van der Waals surface area contributed by atoms with Gasteiger partial charge in [-0.25, -0.2) is 0 Å². The van der Waals surface area contributed by atoms with Crippen LogP contribution in [-0.4, -0.2) is 17.3 Å². The van der Waals surface area contributed by atoms with Gasteiger partial charge in [0.15, 0.2) is 0 Å². The SMILES string of the molecule is O=[PH](O)O.[O]=[Mo][OH].[O]=[W](=[O])[OH]. The summed E-state index contributed by atoms with van der Waals surface area (Å²) in [5, 5.41) is 0. The molecule has 0 unspecified atom stereocenters. The van der Waals surface area contributed by atoms with Gasteiger partial charge in [0.1, 0.15) is 0 Å². The molecule has 0 aliphatic rings. The zero-order valence-corrected chi connectivity index (χ0v) is 10.7. The van der Waals surface area contributed by atoms with Crippen molar-refractivity contribution in [2.24, 2.45) is 0 Å². The first-order valence-electron chi connectivity index (χ1n) is 1.52. The van der Waals surface area contributed by atoms with Crippen molar-refractivity contribution in [3.8, 4) is 0 Å². The third-order valence-electron chi connectivity index (χ3n) is 0. The monoisotopic (exact) mass is 446 g/mol. The van der Waals surface area contributed by atoms with Crippen molar-refractivity contribution in [1.82, 2.24) is 0 Å². The molecule has 70 valence electrons. The second kappa shape index (κ2) is 17.1. The minimum atomic E-state index is -4.03. The van der Waals surface area contributed by atoms with Crippen LogP contribution in [0, 0.1) is 0 Å². The first-order valence-corrected chi connectivity index (χ1v) is 8.24. The van der Waals surface area contributed by atoms with Crippen molar-refractivity contribution < 1.29 is 68.6 Å². The van der Waals surface area contributed by atoms with Gasteiger partial charge >= 0.3 is 62.5 Å². The Morgan fingerprint density at radius 2 is 1.27 bits per heavy atom. The van der Waals surface area contributed by atoms with Crippen LogP contribution >= 0.6 is 8.25 Å². The topological polar surface area (TPSA) is 149 Å². The van der Waals surface area contributed by atoms with Crippen LogP contribution in [0.1, 0.15) is 0 Å². The van der Waals surface area contributed by atoms with E-state index in [0.29, 0.717) is 0 Å². The van der Waals surface area contributed by atoms with E-state index in [1.165, 1.54) is 0 Å². The third kappa shape index (κ3) is 1180. The molecule has 0 heterocycles. The fourth-order valence-corrected chi connectivity index (χ4v) is 0. The van der Waals surface area contributed by atoms with E-state index in [1.807, 2.05) is 0 Å². The Hall–Kier alpha value is 0.847. The van der Waals surface area contributed by atoms with Gasteiger partial charge in [-0.15, -0.1) is 0 Å². The first kappa shape index (κ1) is 17.8. The summed E-state index contributed by atoms with van der Waals surface area (Å²) in [5.41, 5.74) is 0. The number of rotatable bonds is 0. The van der Waals surface area contributed by atoms with Crippen LogP contribution in [0.2, 0.25) is 0 Å². The molecule has 0 aromatic carbocycles. The van der Waals surface area contributed by atoms with Gasteiger partial charge < -0.3 is 9.79 Å². The van der Waals surface area contributed by atoms with Crippen molar-refractivity contribution in [1.29, 1.82) is 0 Å². The molecule has 0 radical (unpaired) electrons. The van der Waals surface area contributed by atoms with E-state index in [9.17, 15) is 0 Å². The Bertz CT molecular complexity index is 147. The summed E-state index contributed by atoms with van der Waals surface area (Å²) in [7, 11) is -3.13. The van der Waals surface area contributed by atoms with Crippen molar-refractivity contribution in [3.05, 3.63) is 0 Å². The third-order valence-corrected chi connectivity index (χ3v) is 0. The quantitative estimate of drug-likeness (QED) is 0.245.